The van der Waals surface area contributed by atoms with Gasteiger partial charge >= 0.3 is 0 Å². The van der Waals surface area contributed by atoms with Crippen molar-refractivity contribution >= 4 is 17.4 Å². The largest absolute Gasteiger partial charge is 0.368 e. The number of rotatable bonds is 6. The van der Waals surface area contributed by atoms with Crippen LogP contribution >= 0.6 is 0 Å². The number of anilines is 2. The SMILES string of the molecule is O=C(c1ccc(NCCC2=CCCCC2)nn1)N1CCN(c2ccccc2)CC1. The standard InChI is InChI=1S/C23H29N5O/c29-23(28-17-15-27(16-18-28)20-9-5-2-6-10-20)21-11-12-22(26-25-21)24-14-13-19-7-3-1-4-8-19/h2,5-7,9-12H,1,3-4,8,13-18H2,(H,24,26). The Hall–Kier alpha value is -2.89. The quantitative estimate of drug-likeness (QED) is 0.760. The molecule has 1 aliphatic carbocycles. The highest BCUT2D eigenvalue weighted by molar-refractivity contribution is 5.92. The van der Waals surface area contributed by atoms with Crippen LogP contribution in [0.4, 0.5) is 11.5 Å². The van der Waals surface area contributed by atoms with Crippen molar-refractivity contribution in [2.75, 3.05) is 42.9 Å². The second kappa shape index (κ2) is 9.54. The number of carbonyl (C=O) groups is 1. The summed E-state index contributed by atoms with van der Waals surface area (Å²) in [4.78, 5) is 16.9. The van der Waals surface area contributed by atoms with Crippen LogP contribution in [0.15, 0.2) is 54.1 Å². The van der Waals surface area contributed by atoms with Crippen molar-refractivity contribution in [3.8, 4) is 0 Å². The van der Waals surface area contributed by atoms with Gasteiger partial charge in [0.2, 0.25) is 0 Å². The molecule has 6 heteroatoms. The molecule has 1 aromatic carbocycles. The van der Waals surface area contributed by atoms with E-state index in [0.717, 1.165) is 31.9 Å². The van der Waals surface area contributed by atoms with Crippen LogP contribution in [0.5, 0.6) is 0 Å². The molecule has 1 fully saturated rings. The first-order valence-electron chi connectivity index (χ1n) is 10.6. The van der Waals surface area contributed by atoms with Crippen LogP contribution in [-0.2, 0) is 0 Å². The fourth-order valence-electron chi connectivity index (χ4n) is 3.99. The monoisotopic (exact) mass is 391 g/mol. The van der Waals surface area contributed by atoms with E-state index >= 15 is 0 Å². The fourth-order valence-corrected chi connectivity index (χ4v) is 3.99. The molecule has 2 heterocycles. The zero-order valence-corrected chi connectivity index (χ0v) is 16.9. The zero-order chi connectivity index (χ0) is 19.9. The predicted molar refractivity (Wildman–Crippen MR) is 116 cm³/mol. The molecule has 152 valence electrons. The van der Waals surface area contributed by atoms with Crippen molar-refractivity contribution in [1.82, 2.24) is 15.1 Å². The van der Waals surface area contributed by atoms with Crippen molar-refractivity contribution in [3.63, 3.8) is 0 Å². The third-order valence-corrected chi connectivity index (χ3v) is 5.71. The number of para-hydroxylation sites is 1. The summed E-state index contributed by atoms with van der Waals surface area (Å²) >= 11 is 0. The first kappa shape index (κ1) is 19.4. The number of allylic oxidation sites excluding steroid dienone is 1. The topological polar surface area (TPSA) is 61.4 Å². The molecule has 2 aromatic rings. The van der Waals surface area contributed by atoms with E-state index in [1.54, 1.807) is 6.07 Å². The third kappa shape index (κ3) is 5.13. The number of nitrogens with zero attached hydrogens (tertiary/aromatic N) is 4. The van der Waals surface area contributed by atoms with E-state index in [1.165, 1.54) is 36.9 Å². The van der Waals surface area contributed by atoms with E-state index in [1.807, 2.05) is 29.2 Å². The summed E-state index contributed by atoms with van der Waals surface area (Å²) in [7, 11) is 0. The summed E-state index contributed by atoms with van der Waals surface area (Å²) < 4.78 is 0. The number of aromatic nitrogens is 2. The van der Waals surface area contributed by atoms with Gasteiger partial charge in [0.1, 0.15) is 5.82 Å². The molecule has 0 saturated carbocycles. The number of benzene rings is 1. The highest BCUT2D eigenvalue weighted by atomic mass is 16.2. The van der Waals surface area contributed by atoms with Crippen molar-refractivity contribution in [2.45, 2.75) is 32.1 Å². The molecular weight excluding hydrogens is 362 g/mol. The van der Waals surface area contributed by atoms with Gasteiger partial charge in [-0.15, -0.1) is 10.2 Å². The molecule has 1 amide bonds. The summed E-state index contributed by atoms with van der Waals surface area (Å²) in [6.07, 6.45) is 8.48. The van der Waals surface area contributed by atoms with Gasteiger partial charge in [0.15, 0.2) is 5.69 Å². The molecule has 0 spiro atoms. The van der Waals surface area contributed by atoms with Gasteiger partial charge in [-0.05, 0) is 56.4 Å². The van der Waals surface area contributed by atoms with Crippen LogP contribution in [-0.4, -0.2) is 53.7 Å². The molecule has 1 N–H and O–H groups in total. The minimum absolute atomic E-state index is 0.0378. The molecule has 0 unspecified atom stereocenters. The molecule has 0 radical (unpaired) electrons. The van der Waals surface area contributed by atoms with Crippen LogP contribution in [0, 0.1) is 0 Å². The van der Waals surface area contributed by atoms with Crippen molar-refractivity contribution in [3.05, 3.63) is 59.8 Å². The van der Waals surface area contributed by atoms with Gasteiger partial charge in [0.05, 0.1) is 0 Å². The van der Waals surface area contributed by atoms with Crippen molar-refractivity contribution < 1.29 is 4.79 Å². The summed E-state index contributed by atoms with van der Waals surface area (Å²) in [6, 6.07) is 14.0. The van der Waals surface area contributed by atoms with Crippen LogP contribution < -0.4 is 10.2 Å². The van der Waals surface area contributed by atoms with Gasteiger partial charge in [-0.2, -0.15) is 0 Å². The lowest BCUT2D eigenvalue weighted by Crippen LogP contribution is -2.49. The Morgan fingerprint density at radius 1 is 0.966 bits per heavy atom. The Bertz CT molecular complexity index is 826. The van der Waals surface area contributed by atoms with E-state index in [0.29, 0.717) is 18.8 Å². The normalized spacial score (nSPS) is 17.0. The van der Waals surface area contributed by atoms with E-state index in [4.69, 9.17) is 0 Å². The maximum Gasteiger partial charge on any atom is 0.274 e. The second-order valence-electron chi connectivity index (χ2n) is 7.70. The minimum atomic E-state index is -0.0378. The molecule has 0 atom stereocenters. The summed E-state index contributed by atoms with van der Waals surface area (Å²) in [5.74, 6) is 0.691. The van der Waals surface area contributed by atoms with Gasteiger partial charge in [0, 0.05) is 38.4 Å². The molecule has 6 nitrogen and oxygen atoms in total. The molecular formula is C23H29N5O. The zero-order valence-electron chi connectivity index (χ0n) is 16.9. The number of piperazine rings is 1. The lowest BCUT2D eigenvalue weighted by Gasteiger charge is -2.35. The molecule has 1 aliphatic heterocycles. The van der Waals surface area contributed by atoms with E-state index in [-0.39, 0.29) is 5.91 Å². The molecule has 1 aromatic heterocycles. The predicted octanol–water partition coefficient (Wildman–Crippen LogP) is 3.74. The molecule has 29 heavy (non-hydrogen) atoms. The van der Waals surface area contributed by atoms with E-state index in [9.17, 15) is 4.79 Å². The summed E-state index contributed by atoms with van der Waals surface area (Å²) in [5, 5.41) is 11.7. The Kier molecular flexibility index (Phi) is 6.39. The van der Waals surface area contributed by atoms with E-state index < -0.39 is 0 Å². The summed E-state index contributed by atoms with van der Waals surface area (Å²) in [5.41, 5.74) is 3.16. The fraction of sp³-hybridized carbons (Fsp3) is 0.435. The molecule has 2 aliphatic rings. The maximum atomic E-state index is 12.8. The number of nitrogens with one attached hydrogen (secondary N) is 1. The first-order valence-corrected chi connectivity index (χ1v) is 10.6. The van der Waals surface area contributed by atoms with E-state index in [2.05, 4.69) is 38.6 Å². The highest BCUT2D eigenvalue weighted by Crippen LogP contribution is 2.20. The molecule has 1 saturated heterocycles. The van der Waals surface area contributed by atoms with Crippen molar-refractivity contribution in [1.29, 1.82) is 0 Å². The van der Waals surface area contributed by atoms with Crippen molar-refractivity contribution in [2.24, 2.45) is 0 Å². The average molecular weight is 392 g/mol. The summed E-state index contributed by atoms with van der Waals surface area (Å²) in [6.45, 7) is 3.92. The average Bonchev–Trinajstić information content (AvgIpc) is 2.80. The second-order valence-corrected chi connectivity index (χ2v) is 7.70. The van der Waals surface area contributed by atoms with Gasteiger partial charge < -0.3 is 15.1 Å². The van der Waals surface area contributed by atoms with Crippen LogP contribution in [0.2, 0.25) is 0 Å². The highest BCUT2D eigenvalue weighted by Gasteiger charge is 2.23. The van der Waals surface area contributed by atoms with Gasteiger partial charge in [-0.25, -0.2) is 0 Å². The van der Waals surface area contributed by atoms with Gasteiger partial charge in [0.25, 0.3) is 5.91 Å². The first-order chi connectivity index (χ1) is 14.3. The minimum Gasteiger partial charge on any atom is -0.368 e. The third-order valence-electron chi connectivity index (χ3n) is 5.71. The van der Waals surface area contributed by atoms with Crippen LogP contribution in [0.3, 0.4) is 0 Å². The molecule has 4 rings (SSSR count). The van der Waals surface area contributed by atoms with Gasteiger partial charge in [-0.1, -0.05) is 29.8 Å². The lowest BCUT2D eigenvalue weighted by atomic mass is 9.97. The van der Waals surface area contributed by atoms with Crippen LogP contribution in [0.25, 0.3) is 0 Å². The number of hydrogen-bond acceptors (Lipinski definition) is 5. The van der Waals surface area contributed by atoms with Crippen LogP contribution in [0.1, 0.15) is 42.6 Å². The smallest absolute Gasteiger partial charge is 0.274 e. The number of amides is 1. The Morgan fingerprint density at radius 3 is 2.48 bits per heavy atom. The number of carbonyl (C=O) groups excluding carboxylic acids is 1. The lowest BCUT2D eigenvalue weighted by molar-refractivity contribution is 0.0739. The maximum absolute atomic E-state index is 12.8. The Labute approximate surface area is 172 Å². The Morgan fingerprint density at radius 2 is 1.79 bits per heavy atom. The Balaban J connectivity index is 1.25. The van der Waals surface area contributed by atoms with Gasteiger partial charge in [-0.3, -0.25) is 4.79 Å². The number of hydrogen-bond donors (Lipinski definition) is 1. The molecule has 0 bridgehead atoms.